The molecule has 1 amide bonds. The number of aliphatic hydroxyl groups is 1. The lowest BCUT2D eigenvalue weighted by molar-refractivity contribution is -0.139. The highest BCUT2D eigenvalue weighted by Gasteiger charge is 2.46. The highest BCUT2D eigenvalue weighted by atomic mass is 35.5. The Hall–Kier alpha value is -3.64. The van der Waals surface area contributed by atoms with Crippen LogP contribution in [0.5, 0.6) is 5.75 Å². The first-order chi connectivity index (χ1) is 17.5. The van der Waals surface area contributed by atoms with Crippen LogP contribution in [0.1, 0.15) is 49.1 Å². The van der Waals surface area contributed by atoms with Crippen LogP contribution >= 0.6 is 11.6 Å². The van der Waals surface area contributed by atoms with Gasteiger partial charge in [-0.2, -0.15) is 0 Å². The van der Waals surface area contributed by atoms with Gasteiger partial charge in [0.1, 0.15) is 17.3 Å². The maximum absolute atomic E-state index is 13.7. The Bertz CT molecular complexity index is 1360. The zero-order chi connectivity index (χ0) is 26.9. The van der Waals surface area contributed by atoms with Crippen LogP contribution in [0.25, 0.3) is 5.76 Å². The number of carbonyl (C=O) groups is 2. The molecular weight excluding hydrogens is 493 g/mol. The first kappa shape index (κ1) is 26.4. The number of amides is 1. The minimum atomic E-state index is -0.868. The second-order valence-electron chi connectivity index (χ2n) is 10.1. The lowest BCUT2D eigenvalue weighted by Gasteiger charge is -2.26. The second kappa shape index (κ2) is 10.4. The number of halogens is 2. The van der Waals surface area contributed by atoms with Crippen molar-refractivity contribution in [1.29, 1.82) is 0 Å². The van der Waals surface area contributed by atoms with E-state index in [1.165, 1.54) is 29.2 Å². The summed E-state index contributed by atoms with van der Waals surface area (Å²) in [5.41, 5.74) is 2.38. The van der Waals surface area contributed by atoms with Crippen LogP contribution in [0.2, 0.25) is 5.02 Å². The number of likely N-dealkylation sites (tertiary alicyclic amines) is 1. The molecule has 1 atom stereocenters. The fourth-order valence-corrected chi connectivity index (χ4v) is 4.73. The predicted molar refractivity (Wildman–Crippen MR) is 142 cm³/mol. The van der Waals surface area contributed by atoms with Crippen LogP contribution in [0, 0.1) is 5.82 Å². The smallest absolute Gasteiger partial charge is 0.295 e. The van der Waals surface area contributed by atoms with E-state index in [4.69, 9.17) is 16.3 Å². The van der Waals surface area contributed by atoms with Gasteiger partial charge in [0.15, 0.2) is 0 Å². The summed E-state index contributed by atoms with van der Waals surface area (Å²) in [5.74, 6) is -1.56. The number of Topliss-reactive ketones (excluding diaryl/α,β-unsaturated/α-hetero) is 1. The molecule has 3 aromatic rings. The van der Waals surface area contributed by atoms with Gasteiger partial charge in [-0.05, 0) is 65.4 Å². The molecule has 37 heavy (non-hydrogen) atoms. The molecule has 0 saturated carbocycles. The number of ether oxygens (including phenoxy) is 1. The molecule has 1 aliphatic heterocycles. The van der Waals surface area contributed by atoms with Crippen LogP contribution in [0.4, 0.5) is 4.39 Å². The third-order valence-electron chi connectivity index (χ3n) is 6.56. The van der Waals surface area contributed by atoms with Gasteiger partial charge in [-0.3, -0.25) is 9.59 Å². The molecule has 0 aromatic heterocycles. The van der Waals surface area contributed by atoms with E-state index in [2.05, 4.69) is 0 Å². The predicted octanol–water partition coefficient (Wildman–Crippen LogP) is 6.45. The van der Waals surface area contributed by atoms with Crippen molar-refractivity contribution in [3.8, 4) is 5.75 Å². The highest BCUT2D eigenvalue weighted by Crippen LogP contribution is 2.41. The monoisotopic (exact) mass is 521 g/mol. The molecule has 1 heterocycles. The minimum Gasteiger partial charge on any atom is -0.507 e. The van der Waals surface area contributed by atoms with E-state index in [0.717, 1.165) is 11.1 Å². The van der Waals surface area contributed by atoms with Gasteiger partial charge in [0.05, 0.1) is 18.7 Å². The largest absolute Gasteiger partial charge is 0.507 e. The van der Waals surface area contributed by atoms with Gasteiger partial charge < -0.3 is 14.7 Å². The standard InChI is InChI=1S/C30H29ClFNO4/c1-30(2,3)23-17-20(9-14-24(23)37-4)27(34)25-26(19-7-12-22(32)13-8-19)33(29(36)28(25)35)16-15-18-5-10-21(31)11-6-18/h5-14,17,26,34H,15-16H2,1-4H3/b27-25-. The van der Waals surface area contributed by atoms with Crippen molar-refractivity contribution < 1.29 is 23.8 Å². The molecule has 3 aromatic carbocycles. The maximum Gasteiger partial charge on any atom is 0.295 e. The zero-order valence-electron chi connectivity index (χ0n) is 21.2. The first-order valence-electron chi connectivity index (χ1n) is 12.0. The van der Waals surface area contributed by atoms with Crippen molar-refractivity contribution in [2.24, 2.45) is 0 Å². The Morgan fingerprint density at radius 1 is 1.03 bits per heavy atom. The van der Waals surface area contributed by atoms with Crippen molar-refractivity contribution in [2.45, 2.75) is 38.6 Å². The van der Waals surface area contributed by atoms with Gasteiger partial charge in [-0.25, -0.2) is 4.39 Å². The number of rotatable bonds is 6. The molecule has 1 unspecified atom stereocenters. The van der Waals surface area contributed by atoms with Crippen LogP contribution in [0.15, 0.2) is 72.3 Å². The average molecular weight is 522 g/mol. The molecule has 1 N–H and O–H groups in total. The lowest BCUT2D eigenvalue weighted by Crippen LogP contribution is -2.31. The van der Waals surface area contributed by atoms with Crippen molar-refractivity contribution in [3.63, 3.8) is 0 Å². The summed E-state index contributed by atoms with van der Waals surface area (Å²) in [5, 5.41) is 12.0. The molecule has 1 aliphatic rings. The third kappa shape index (κ3) is 5.39. The Morgan fingerprint density at radius 2 is 1.68 bits per heavy atom. The molecule has 0 radical (unpaired) electrons. The third-order valence-corrected chi connectivity index (χ3v) is 6.81. The van der Waals surface area contributed by atoms with Crippen molar-refractivity contribution >= 4 is 29.1 Å². The van der Waals surface area contributed by atoms with Crippen molar-refractivity contribution in [3.05, 3.63) is 105 Å². The number of nitrogens with zero attached hydrogens (tertiary/aromatic N) is 1. The minimum absolute atomic E-state index is 0.0299. The Morgan fingerprint density at radius 3 is 2.27 bits per heavy atom. The van der Waals surface area contributed by atoms with Gasteiger partial charge in [0, 0.05) is 22.7 Å². The number of hydrogen-bond acceptors (Lipinski definition) is 4. The Balaban J connectivity index is 1.81. The number of benzene rings is 3. The summed E-state index contributed by atoms with van der Waals surface area (Å²) >= 11 is 5.99. The van der Waals surface area contributed by atoms with E-state index in [1.807, 2.05) is 32.9 Å². The topological polar surface area (TPSA) is 66.8 Å². The molecule has 1 fully saturated rings. The van der Waals surface area contributed by atoms with E-state index in [1.54, 1.807) is 37.4 Å². The lowest BCUT2D eigenvalue weighted by atomic mass is 9.84. The van der Waals surface area contributed by atoms with Crippen LogP contribution in [-0.4, -0.2) is 35.4 Å². The summed E-state index contributed by atoms with van der Waals surface area (Å²) in [6.45, 7) is 6.27. The second-order valence-corrected chi connectivity index (χ2v) is 10.5. The van der Waals surface area contributed by atoms with E-state index < -0.39 is 23.5 Å². The number of methoxy groups -OCH3 is 1. The Labute approximate surface area is 221 Å². The summed E-state index contributed by atoms with van der Waals surface area (Å²) in [6, 6.07) is 17.2. The quantitative estimate of drug-likeness (QED) is 0.230. The average Bonchev–Trinajstić information content (AvgIpc) is 3.12. The maximum atomic E-state index is 13.7. The van der Waals surface area contributed by atoms with Crippen LogP contribution in [0.3, 0.4) is 0 Å². The van der Waals surface area contributed by atoms with Crippen molar-refractivity contribution in [2.75, 3.05) is 13.7 Å². The number of hydrogen-bond donors (Lipinski definition) is 1. The fraction of sp³-hybridized carbons (Fsp3) is 0.267. The summed E-state index contributed by atoms with van der Waals surface area (Å²) in [7, 11) is 1.57. The normalized spacial score (nSPS) is 17.4. The van der Waals surface area contributed by atoms with Gasteiger partial charge in [-0.15, -0.1) is 0 Å². The SMILES string of the molecule is COc1ccc(/C(O)=C2/C(=O)C(=O)N(CCc3ccc(Cl)cc3)C2c2ccc(F)cc2)cc1C(C)(C)C. The van der Waals surface area contributed by atoms with Crippen LogP contribution in [-0.2, 0) is 21.4 Å². The van der Waals surface area contributed by atoms with Gasteiger partial charge in [0.2, 0.25) is 0 Å². The molecule has 0 spiro atoms. The van der Waals surface area contributed by atoms with Gasteiger partial charge >= 0.3 is 0 Å². The summed E-state index contributed by atoms with van der Waals surface area (Å²) in [6.07, 6.45) is 0.471. The van der Waals surface area contributed by atoms with Gasteiger partial charge in [-0.1, -0.05) is 56.6 Å². The zero-order valence-corrected chi connectivity index (χ0v) is 22.0. The molecule has 5 nitrogen and oxygen atoms in total. The highest BCUT2D eigenvalue weighted by molar-refractivity contribution is 6.46. The molecular formula is C30H29ClFNO4. The number of aliphatic hydroxyl groups excluding tert-OH is 1. The van der Waals surface area contributed by atoms with E-state index in [0.29, 0.717) is 28.3 Å². The summed E-state index contributed by atoms with van der Waals surface area (Å²) in [4.78, 5) is 28.0. The van der Waals surface area contributed by atoms with E-state index >= 15 is 0 Å². The van der Waals surface area contributed by atoms with E-state index in [-0.39, 0.29) is 23.3 Å². The van der Waals surface area contributed by atoms with Crippen molar-refractivity contribution in [1.82, 2.24) is 4.90 Å². The van der Waals surface area contributed by atoms with Gasteiger partial charge in [0.25, 0.3) is 11.7 Å². The van der Waals surface area contributed by atoms with Crippen LogP contribution < -0.4 is 4.74 Å². The molecule has 4 rings (SSSR count). The molecule has 1 saturated heterocycles. The van der Waals surface area contributed by atoms with E-state index in [9.17, 15) is 19.1 Å². The Kier molecular flexibility index (Phi) is 7.42. The molecule has 192 valence electrons. The number of ketones is 1. The molecule has 7 heteroatoms. The molecule has 0 aliphatic carbocycles. The number of carbonyl (C=O) groups excluding carboxylic acids is 2. The summed E-state index contributed by atoms with van der Waals surface area (Å²) < 4.78 is 19.2. The fourth-order valence-electron chi connectivity index (χ4n) is 4.60. The molecule has 0 bridgehead atoms. The first-order valence-corrected chi connectivity index (χ1v) is 12.4.